The molecule has 18 heavy (non-hydrogen) atoms. The highest BCUT2D eigenvalue weighted by Gasteiger charge is 2.31. The number of ether oxygens (including phenoxy) is 1. The lowest BCUT2D eigenvalue weighted by Gasteiger charge is -2.17. The molecule has 6 nitrogen and oxygen atoms in total. The van der Waals surface area contributed by atoms with Crippen LogP contribution in [0.4, 0.5) is 5.69 Å². The maximum Gasteiger partial charge on any atom is 0.337 e. The van der Waals surface area contributed by atoms with Gasteiger partial charge in [0.15, 0.2) is 5.78 Å². The molecule has 0 unspecified atom stereocenters. The number of benzene rings is 1. The molecule has 1 saturated heterocycles. The van der Waals surface area contributed by atoms with Crippen molar-refractivity contribution in [1.29, 1.82) is 0 Å². The number of hydrogen-bond acceptors (Lipinski definition) is 4. The number of carbonyl (C=O) groups excluding carboxylic acids is 2. The van der Waals surface area contributed by atoms with Crippen LogP contribution in [-0.4, -0.2) is 36.4 Å². The molecular weight excluding hydrogens is 238 g/mol. The standard InChI is InChI=1S/C12H11NO5/c1-18-8-2-3-10(9(5-8)12(16)17)13-6-7(14)4-11(13)15/h2-3,5H,4,6H2,1H3,(H,16,17). The number of hydrogen-bond donors (Lipinski definition) is 1. The predicted molar refractivity (Wildman–Crippen MR) is 61.9 cm³/mol. The molecule has 94 valence electrons. The summed E-state index contributed by atoms with van der Waals surface area (Å²) in [7, 11) is 1.42. The van der Waals surface area contributed by atoms with E-state index in [2.05, 4.69) is 0 Å². The maximum absolute atomic E-state index is 11.6. The fourth-order valence-corrected chi connectivity index (χ4v) is 1.85. The summed E-state index contributed by atoms with van der Waals surface area (Å²) in [4.78, 5) is 35.1. The van der Waals surface area contributed by atoms with Crippen LogP contribution in [0.15, 0.2) is 18.2 Å². The first-order valence-corrected chi connectivity index (χ1v) is 5.26. The van der Waals surface area contributed by atoms with Gasteiger partial charge in [-0.3, -0.25) is 9.59 Å². The number of rotatable bonds is 3. The molecule has 1 heterocycles. The molecule has 6 heteroatoms. The second kappa shape index (κ2) is 4.48. The molecular formula is C12H11NO5. The topological polar surface area (TPSA) is 83.9 Å². The van der Waals surface area contributed by atoms with Gasteiger partial charge in [-0.1, -0.05) is 0 Å². The van der Waals surface area contributed by atoms with Crippen molar-refractivity contribution in [2.75, 3.05) is 18.6 Å². The number of anilines is 1. The van der Waals surface area contributed by atoms with E-state index in [0.29, 0.717) is 5.75 Å². The molecule has 0 spiro atoms. The number of Topliss-reactive ketones (excluding diaryl/α,β-unsaturated/α-hetero) is 1. The smallest absolute Gasteiger partial charge is 0.337 e. The summed E-state index contributed by atoms with van der Waals surface area (Å²) in [5.74, 6) is -1.38. The van der Waals surface area contributed by atoms with Crippen LogP contribution in [0.25, 0.3) is 0 Å². The number of nitrogens with zero attached hydrogens (tertiary/aromatic N) is 1. The number of ketones is 1. The Hall–Kier alpha value is -2.37. The lowest BCUT2D eigenvalue weighted by atomic mass is 10.1. The first-order chi connectivity index (χ1) is 8.52. The minimum absolute atomic E-state index is 0.0580. The fraction of sp³-hybridized carbons (Fsp3) is 0.250. The van der Waals surface area contributed by atoms with Gasteiger partial charge in [0.1, 0.15) is 5.75 Å². The third kappa shape index (κ3) is 2.04. The molecule has 2 rings (SSSR count). The van der Waals surface area contributed by atoms with Gasteiger partial charge in [0.25, 0.3) is 0 Å². The second-order valence-corrected chi connectivity index (χ2v) is 3.88. The lowest BCUT2D eigenvalue weighted by Crippen LogP contribution is -2.26. The van der Waals surface area contributed by atoms with E-state index in [1.54, 1.807) is 6.07 Å². The van der Waals surface area contributed by atoms with Crippen LogP contribution >= 0.6 is 0 Å². The second-order valence-electron chi connectivity index (χ2n) is 3.88. The number of carboxylic acid groups (broad SMARTS) is 1. The van der Waals surface area contributed by atoms with Crippen molar-refractivity contribution in [3.8, 4) is 5.75 Å². The zero-order chi connectivity index (χ0) is 13.3. The summed E-state index contributed by atoms with van der Waals surface area (Å²) in [6, 6.07) is 4.35. The maximum atomic E-state index is 11.6. The number of aromatic carboxylic acids is 1. The normalized spacial score (nSPS) is 15.1. The van der Waals surface area contributed by atoms with Crippen LogP contribution < -0.4 is 9.64 Å². The molecule has 0 aromatic heterocycles. The minimum atomic E-state index is -1.17. The van der Waals surface area contributed by atoms with E-state index >= 15 is 0 Å². The summed E-state index contributed by atoms with van der Waals surface area (Å²) in [6.45, 7) is -0.0779. The monoisotopic (exact) mass is 249 g/mol. The average molecular weight is 249 g/mol. The summed E-state index contributed by atoms with van der Waals surface area (Å²) >= 11 is 0. The number of amides is 1. The molecule has 1 fully saturated rings. The van der Waals surface area contributed by atoms with Crippen molar-refractivity contribution in [3.63, 3.8) is 0 Å². The minimum Gasteiger partial charge on any atom is -0.497 e. The molecule has 0 radical (unpaired) electrons. The Kier molecular flexibility index (Phi) is 3.01. The van der Waals surface area contributed by atoms with Crippen molar-refractivity contribution >= 4 is 23.3 Å². The van der Waals surface area contributed by atoms with Crippen LogP contribution in [0.2, 0.25) is 0 Å². The van der Waals surface area contributed by atoms with Gasteiger partial charge in [-0.05, 0) is 18.2 Å². The van der Waals surface area contributed by atoms with E-state index in [-0.39, 0.29) is 35.9 Å². The first-order valence-electron chi connectivity index (χ1n) is 5.26. The zero-order valence-corrected chi connectivity index (χ0v) is 9.67. The molecule has 1 aliphatic rings. The first kappa shape index (κ1) is 12.1. The Morgan fingerprint density at radius 3 is 2.61 bits per heavy atom. The van der Waals surface area contributed by atoms with Gasteiger partial charge in [0.05, 0.1) is 31.3 Å². The molecule has 0 aliphatic carbocycles. The molecule has 1 aliphatic heterocycles. The van der Waals surface area contributed by atoms with Gasteiger partial charge < -0.3 is 14.7 Å². The summed E-state index contributed by atoms with van der Waals surface area (Å²) in [5.41, 5.74) is 0.163. The van der Waals surface area contributed by atoms with Crippen LogP contribution in [0, 0.1) is 0 Å². The van der Waals surface area contributed by atoms with E-state index in [0.717, 1.165) is 0 Å². The van der Waals surface area contributed by atoms with Gasteiger partial charge in [-0.2, -0.15) is 0 Å². The van der Waals surface area contributed by atoms with E-state index in [9.17, 15) is 14.4 Å². The zero-order valence-electron chi connectivity index (χ0n) is 9.67. The van der Waals surface area contributed by atoms with E-state index in [1.165, 1.54) is 24.1 Å². The third-order valence-corrected chi connectivity index (χ3v) is 2.71. The van der Waals surface area contributed by atoms with Crippen molar-refractivity contribution in [2.24, 2.45) is 0 Å². The number of methoxy groups -OCH3 is 1. The number of carboxylic acids is 1. The quantitative estimate of drug-likeness (QED) is 0.797. The Balaban J connectivity index is 2.47. The highest BCUT2D eigenvalue weighted by molar-refractivity contribution is 6.16. The van der Waals surface area contributed by atoms with Crippen molar-refractivity contribution in [3.05, 3.63) is 23.8 Å². The van der Waals surface area contributed by atoms with Crippen molar-refractivity contribution in [1.82, 2.24) is 0 Å². The van der Waals surface area contributed by atoms with Gasteiger partial charge in [0.2, 0.25) is 5.91 Å². The molecule has 0 atom stereocenters. The summed E-state index contributed by atoms with van der Waals surface area (Å²) in [5, 5.41) is 9.12. The summed E-state index contributed by atoms with van der Waals surface area (Å²) < 4.78 is 4.94. The molecule has 0 bridgehead atoms. The Morgan fingerprint density at radius 1 is 1.39 bits per heavy atom. The van der Waals surface area contributed by atoms with Gasteiger partial charge >= 0.3 is 5.97 Å². The van der Waals surface area contributed by atoms with E-state index < -0.39 is 5.97 Å². The highest BCUT2D eigenvalue weighted by Crippen LogP contribution is 2.28. The average Bonchev–Trinajstić information content (AvgIpc) is 2.67. The van der Waals surface area contributed by atoms with Crippen molar-refractivity contribution < 1.29 is 24.2 Å². The highest BCUT2D eigenvalue weighted by atomic mass is 16.5. The van der Waals surface area contributed by atoms with Gasteiger partial charge in [-0.25, -0.2) is 4.79 Å². The predicted octanol–water partition coefficient (Wildman–Crippen LogP) is 0.699. The molecule has 1 aromatic carbocycles. The Labute approximate surface area is 103 Å². The molecule has 0 saturated carbocycles. The van der Waals surface area contributed by atoms with Crippen molar-refractivity contribution in [2.45, 2.75) is 6.42 Å². The van der Waals surface area contributed by atoms with Gasteiger partial charge in [-0.15, -0.1) is 0 Å². The van der Waals surface area contributed by atoms with E-state index in [1.807, 2.05) is 0 Å². The van der Waals surface area contributed by atoms with E-state index in [4.69, 9.17) is 9.84 Å². The summed E-state index contributed by atoms with van der Waals surface area (Å²) in [6.07, 6.45) is -0.176. The van der Waals surface area contributed by atoms with Crippen LogP contribution in [-0.2, 0) is 9.59 Å². The van der Waals surface area contributed by atoms with Crippen LogP contribution in [0.5, 0.6) is 5.75 Å². The van der Waals surface area contributed by atoms with Crippen LogP contribution in [0.3, 0.4) is 0 Å². The van der Waals surface area contributed by atoms with Crippen LogP contribution in [0.1, 0.15) is 16.8 Å². The molecule has 1 aromatic rings. The van der Waals surface area contributed by atoms with Gasteiger partial charge in [0, 0.05) is 0 Å². The molecule has 1 amide bonds. The molecule has 1 N–H and O–H groups in total. The number of carbonyl (C=O) groups is 3. The fourth-order valence-electron chi connectivity index (χ4n) is 1.85. The third-order valence-electron chi connectivity index (χ3n) is 2.71. The largest absolute Gasteiger partial charge is 0.497 e. The Morgan fingerprint density at radius 2 is 2.11 bits per heavy atom. The Bertz CT molecular complexity index is 537. The lowest BCUT2D eigenvalue weighted by molar-refractivity contribution is -0.121. The SMILES string of the molecule is COc1ccc(N2CC(=O)CC2=O)c(C(=O)O)c1.